The number of aromatic nitrogens is 1. The van der Waals surface area contributed by atoms with E-state index in [1.54, 1.807) is 0 Å². The molecule has 0 aliphatic carbocycles. The molecular formula is C21H18F3N3O3. The number of nitrogens with zero attached hydrogens (tertiary/aromatic N) is 2. The molecule has 0 bridgehead atoms. The van der Waals surface area contributed by atoms with Crippen molar-refractivity contribution in [2.45, 2.75) is 18.5 Å². The van der Waals surface area contributed by atoms with Crippen molar-refractivity contribution in [2.24, 2.45) is 0 Å². The number of hydrogen-bond acceptors (Lipinski definition) is 6. The van der Waals surface area contributed by atoms with Crippen molar-refractivity contribution in [1.82, 2.24) is 10.3 Å². The molecule has 1 unspecified atom stereocenters. The summed E-state index contributed by atoms with van der Waals surface area (Å²) in [6, 6.07) is 9.29. The zero-order chi connectivity index (χ0) is 20.9. The number of esters is 1. The molecule has 5 rings (SSSR count). The first-order valence-electron chi connectivity index (χ1n) is 9.67. The number of carbonyl (C=O) groups is 1. The second-order valence-corrected chi connectivity index (χ2v) is 7.41. The van der Waals surface area contributed by atoms with Gasteiger partial charge < -0.3 is 19.4 Å². The molecule has 156 valence electrons. The zero-order valence-electron chi connectivity index (χ0n) is 15.8. The summed E-state index contributed by atoms with van der Waals surface area (Å²) in [5, 5.41) is 3.29. The van der Waals surface area contributed by atoms with Crippen LogP contribution in [0.3, 0.4) is 0 Å². The minimum absolute atomic E-state index is 0.00696. The number of nitrogens with one attached hydrogen (secondary N) is 1. The summed E-state index contributed by atoms with van der Waals surface area (Å²) in [7, 11) is 0. The molecule has 0 spiro atoms. The summed E-state index contributed by atoms with van der Waals surface area (Å²) < 4.78 is 50.8. The van der Waals surface area contributed by atoms with Gasteiger partial charge in [-0.15, -0.1) is 0 Å². The van der Waals surface area contributed by atoms with Gasteiger partial charge in [0, 0.05) is 37.9 Å². The summed E-state index contributed by atoms with van der Waals surface area (Å²) in [5.41, 5.74) is 0.565. The van der Waals surface area contributed by atoms with E-state index < -0.39 is 23.6 Å². The number of rotatable bonds is 2. The standard InChI is InChI=1S/C21H18F3N3O3/c22-21(23,24)15-2-1-3-16-18(15)26-19(29-16)14-10-12-4-5-13(11-17(12)30-20(14)28)27-8-6-25-7-9-27/h1-5,11,14,25H,6-10H2. The van der Waals surface area contributed by atoms with E-state index in [9.17, 15) is 18.0 Å². The summed E-state index contributed by atoms with van der Waals surface area (Å²) >= 11 is 0. The third kappa shape index (κ3) is 3.28. The van der Waals surface area contributed by atoms with Gasteiger partial charge in [0.15, 0.2) is 5.58 Å². The normalized spacial score (nSPS) is 19.6. The van der Waals surface area contributed by atoms with Crippen LogP contribution in [-0.2, 0) is 17.4 Å². The molecule has 2 aliphatic heterocycles. The van der Waals surface area contributed by atoms with E-state index in [1.165, 1.54) is 12.1 Å². The molecule has 3 heterocycles. The van der Waals surface area contributed by atoms with E-state index in [2.05, 4.69) is 15.2 Å². The van der Waals surface area contributed by atoms with Crippen molar-refractivity contribution in [3.63, 3.8) is 0 Å². The quantitative estimate of drug-likeness (QED) is 0.509. The second kappa shape index (κ2) is 7.02. The van der Waals surface area contributed by atoms with Gasteiger partial charge in [-0.3, -0.25) is 4.79 Å². The highest BCUT2D eigenvalue weighted by molar-refractivity contribution is 5.84. The predicted octanol–water partition coefficient (Wildman–Crippen LogP) is 3.50. The number of anilines is 1. The molecule has 1 fully saturated rings. The van der Waals surface area contributed by atoms with Gasteiger partial charge in [-0.25, -0.2) is 4.98 Å². The fourth-order valence-corrected chi connectivity index (χ4v) is 3.94. The molecule has 3 aromatic rings. The predicted molar refractivity (Wildman–Crippen MR) is 103 cm³/mol. The maximum Gasteiger partial charge on any atom is 0.418 e. The highest BCUT2D eigenvalue weighted by Crippen LogP contribution is 2.39. The lowest BCUT2D eigenvalue weighted by Crippen LogP contribution is -2.43. The first kappa shape index (κ1) is 18.9. The van der Waals surface area contributed by atoms with E-state index in [0.717, 1.165) is 43.5 Å². The fourth-order valence-electron chi connectivity index (χ4n) is 3.94. The molecule has 1 aromatic heterocycles. The molecule has 2 aromatic carbocycles. The number of alkyl halides is 3. The van der Waals surface area contributed by atoms with Gasteiger partial charge in [-0.2, -0.15) is 13.2 Å². The maximum atomic E-state index is 13.3. The molecule has 9 heteroatoms. The largest absolute Gasteiger partial charge is 0.440 e. The molecule has 0 saturated carbocycles. The lowest BCUT2D eigenvalue weighted by Gasteiger charge is -2.30. The number of oxazole rings is 1. The Bertz CT molecular complexity index is 1120. The van der Waals surface area contributed by atoms with Gasteiger partial charge >= 0.3 is 12.1 Å². The van der Waals surface area contributed by atoms with Crippen LogP contribution in [0.25, 0.3) is 11.1 Å². The van der Waals surface area contributed by atoms with E-state index in [4.69, 9.17) is 9.15 Å². The number of benzene rings is 2. The van der Waals surface area contributed by atoms with Crippen LogP contribution in [0.15, 0.2) is 40.8 Å². The first-order chi connectivity index (χ1) is 14.4. The highest BCUT2D eigenvalue weighted by atomic mass is 19.4. The third-order valence-electron chi connectivity index (χ3n) is 5.49. The van der Waals surface area contributed by atoms with E-state index in [0.29, 0.717) is 5.75 Å². The van der Waals surface area contributed by atoms with E-state index in [-0.39, 0.29) is 23.4 Å². The summed E-state index contributed by atoms with van der Waals surface area (Å²) in [4.78, 5) is 18.9. The monoisotopic (exact) mass is 417 g/mol. The zero-order valence-corrected chi connectivity index (χ0v) is 15.8. The first-order valence-corrected chi connectivity index (χ1v) is 9.67. The summed E-state index contributed by atoms with van der Waals surface area (Å²) in [6.07, 6.45) is -4.31. The average Bonchev–Trinajstić information content (AvgIpc) is 3.16. The number of fused-ring (bicyclic) bond motifs is 2. The molecule has 1 N–H and O–H groups in total. The van der Waals surface area contributed by atoms with Crippen LogP contribution in [0.5, 0.6) is 5.75 Å². The highest BCUT2D eigenvalue weighted by Gasteiger charge is 2.37. The fraction of sp³-hybridized carbons (Fsp3) is 0.333. The molecule has 1 saturated heterocycles. The van der Waals surface area contributed by atoms with Crippen LogP contribution in [0.1, 0.15) is 22.9 Å². The topological polar surface area (TPSA) is 67.6 Å². The lowest BCUT2D eigenvalue weighted by molar-refractivity contribution is -0.137. The van der Waals surface area contributed by atoms with Gasteiger partial charge in [0.25, 0.3) is 0 Å². The van der Waals surface area contributed by atoms with Gasteiger partial charge in [0.05, 0.1) is 5.56 Å². The van der Waals surface area contributed by atoms with Crippen molar-refractivity contribution >= 4 is 22.8 Å². The second-order valence-electron chi connectivity index (χ2n) is 7.41. The van der Waals surface area contributed by atoms with Crippen LogP contribution in [0.2, 0.25) is 0 Å². The van der Waals surface area contributed by atoms with E-state index >= 15 is 0 Å². The Morgan fingerprint density at radius 3 is 2.70 bits per heavy atom. The number of ether oxygens (including phenoxy) is 1. The number of carbonyl (C=O) groups excluding carboxylic acids is 1. The minimum Gasteiger partial charge on any atom is -0.440 e. The molecule has 30 heavy (non-hydrogen) atoms. The number of piperazine rings is 1. The van der Waals surface area contributed by atoms with Crippen molar-refractivity contribution in [2.75, 3.05) is 31.1 Å². The van der Waals surface area contributed by atoms with Crippen LogP contribution in [0.4, 0.5) is 18.9 Å². The Balaban J connectivity index is 1.46. The van der Waals surface area contributed by atoms with Gasteiger partial charge in [-0.1, -0.05) is 12.1 Å². The Morgan fingerprint density at radius 1 is 1.13 bits per heavy atom. The smallest absolute Gasteiger partial charge is 0.418 e. The van der Waals surface area contributed by atoms with Gasteiger partial charge in [0.1, 0.15) is 17.2 Å². The molecule has 0 amide bonds. The summed E-state index contributed by atoms with van der Waals surface area (Å²) in [5.74, 6) is -1.07. The minimum atomic E-state index is -4.56. The molecule has 6 nitrogen and oxygen atoms in total. The molecule has 0 radical (unpaired) electrons. The Morgan fingerprint density at radius 2 is 1.93 bits per heavy atom. The van der Waals surface area contributed by atoms with Crippen LogP contribution >= 0.6 is 0 Å². The van der Waals surface area contributed by atoms with Crippen molar-refractivity contribution in [3.8, 4) is 5.75 Å². The van der Waals surface area contributed by atoms with Gasteiger partial charge in [-0.05, 0) is 30.2 Å². The Kier molecular flexibility index (Phi) is 4.43. The van der Waals surface area contributed by atoms with Crippen LogP contribution in [0, 0.1) is 0 Å². The van der Waals surface area contributed by atoms with E-state index in [1.807, 2.05) is 18.2 Å². The molecular weight excluding hydrogens is 399 g/mol. The number of para-hydroxylation sites is 1. The Labute approximate surface area is 169 Å². The lowest BCUT2D eigenvalue weighted by atomic mass is 9.95. The van der Waals surface area contributed by atoms with Crippen molar-refractivity contribution in [1.29, 1.82) is 0 Å². The number of halogens is 3. The number of hydrogen-bond donors (Lipinski definition) is 1. The molecule has 1 atom stereocenters. The third-order valence-corrected chi connectivity index (χ3v) is 5.49. The van der Waals surface area contributed by atoms with Crippen molar-refractivity contribution in [3.05, 3.63) is 53.4 Å². The van der Waals surface area contributed by atoms with Gasteiger partial charge in [0.2, 0.25) is 5.89 Å². The summed E-state index contributed by atoms with van der Waals surface area (Å²) in [6.45, 7) is 3.49. The van der Waals surface area contributed by atoms with Crippen LogP contribution in [-0.4, -0.2) is 37.1 Å². The van der Waals surface area contributed by atoms with Crippen LogP contribution < -0.4 is 15.0 Å². The molecule has 2 aliphatic rings. The maximum absolute atomic E-state index is 13.3. The van der Waals surface area contributed by atoms with Crippen molar-refractivity contribution < 1.29 is 27.1 Å². The average molecular weight is 417 g/mol. The SMILES string of the molecule is O=C1Oc2cc(N3CCNCC3)ccc2CC1c1nc2c(C(F)(F)F)cccc2o1. The Hall–Kier alpha value is -3.07.